The molecule has 1 heterocycles. The number of nitriles is 1. The Morgan fingerprint density at radius 3 is 2.89 bits per heavy atom. The third-order valence-electron chi connectivity index (χ3n) is 3.52. The van der Waals surface area contributed by atoms with Gasteiger partial charge < -0.3 is 10.2 Å². The Kier molecular flexibility index (Phi) is 4.33. The zero-order valence-corrected chi connectivity index (χ0v) is 10.9. The number of nitrogens with zero attached hydrogens (tertiary/aromatic N) is 2. The average molecular weight is 265 g/mol. The molecule has 1 saturated heterocycles. The molecule has 0 amide bonds. The highest BCUT2D eigenvalue weighted by Gasteiger charge is 2.21. The van der Waals surface area contributed by atoms with Gasteiger partial charge in [0.2, 0.25) is 0 Å². The minimum Gasteiger partial charge on any atom is -0.379 e. The molecule has 102 valence electrons. The van der Waals surface area contributed by atoms with Gasteiger partial charge in [-0.1, -0.05) is 6.92 Å². The van der Waals surface area contributed by atoms with Gasteiger partial charge in [-0.25, -0.2) is 8.78 Å². The standard InChI is InChI=1S/C14H17F2N3/c1-2-19-7-3-4-11(9-19)18-12-6-5-10(8-17)13(15)14(12)16/h5-6,11,18H,2-4,7,9H2,1H3. The van der Waals surface area contributed by atoms with E-state index in [1.165, 1.54) is 12.1 Å². The van der Waals surface area contributed by atoms with Crippen molar-refractivity contribution < 1.29 is 8.78 Å². The Bertz CT molecular complexity index is 496. The van der Waals surface area contributed by atoms with Crippen LogP contribution in [0.25, 0.3) is 0 Å². The summed E-state index contributed by atoms with van der Waals surface area (Å²) < 4.78 is 27.3. The fourth-order valence-electron chi connectivity index (χ4n) is 2.43. The molecule has 0 aliphatic carbocycles. The van der Waals surface area contributed by atoms with Gasteiger partial charge in [-0.3, -0.25) is 0 Å². The Hall–Kier alpha value is -1.67. The van der Waals surface area contributed by atoms with Gasteiger partial charge in [-0.2, -0.15) is 5.26 Å². The highest BCUT2D eigenvalue weighted by atomic mass is 19.2. The molecule has 0 aromatic heterocycles. The van der Waals surface area contributed by atoms with Crippen molar-refractivity contribution >= 4 is 5.69 Å². The van der Waals surface area contributed by atoms with Gasteiger partial charge in [0.15, 0.2) is 11.6 Å². The summed E-state index contributed by atoms with van der Waals surface area (Å²) in [6.07, 6.45) is 1.99. The van der Waals surface area contributed by atoms with Crippen LogP contribution in [0.3, 0.4) is 0 Å². The SMILES string of the molecule is CCN1CCCC(Nc2ccc(C#N)c(F)c2F)C1. The van der Waals surface area contributed by atoms with E-state index in [-0.39, 0.29) is 17.3 Å². The molecule has 5 heteroatoms. The first-order valence-electron chi connectivity index (χ1n) is 6.52. The maximum absolute atomic E-state index is 13.8. The summed E-state index contributed by atoms with van der Waals surface area (Å²) in [4.78, 5) is 2.28. The second-order valence-electron chi connectivity index (χ2n) is 4.78. The second kappa shape index (κ2) is 5.98. The molecule has 1 aliphatic heterocycles. The zero-order chi connectivity index (χ0) is 13.8. The summed E-state index contributed by atoms with van der Waals surface area (Å²) in [5, 5.41) is 11.7. The number of rotatable bonds is 3. The van der Waals surface area contributed by atoms with Crippen molar-refractivity contribution in [3.05, 3.63) is 29.3 Å². The molecule has 1 aromatic carbocycles. The maximum atomic E-state index is 13.8. The first kappa shape index (κ1) is 13.8. The molecular formula is C14H17F2N3. The number of likely N-dealkylation sites (tertiary alicyclic amines) is 1. The zero-order valence-electron chi connectivity index (χ0n) is 10.9. The van der Waals surface area contributed by atoms with Crippen molar-refractivity contribution in [2.75, 3.05) is 25.0 Å². The molecule has 0 saturated carbocycles. The molecule has 0 spiro atoms. The van der Waals surface area contributed by atoms with E-state index >= 15 is 0 Å². The summed E-state index contributed by atoms with van der Waals surface area (Å²) >= 11 is 0. The molecule has 0 bridgehead atoms. The molecule has 1 fully saturated rings. The monoisotopic (exact) mass is 265 g/mol. The topological polar surface area (TPSA) is 39.1 Å². The first-order valence-corrected chi connectivity index (χ1v) is 6.52. The number of piperidine rings is 1. The molecule has 1 unspecified atom stereocenters. The van der Waals surface area contributed by atoms with Crippen LogP contribution in [0.2, 0.25) is 0 Å². The van der Waals surface area contributed by atoms with Crippen molar-refractivity contribution in [1.82, 2.24) is 4.90 Å². The number of nitrogens with one attached hydrogen (secondary N) is 1. The van der Waals surface area contributed by atoms with E-state index < -0.39 is 11.6 Å². The highest BCUT2D eigenvalue weighted by Crippen LogP contribution is 2.23. The van der Waals surface area contributed by atoms with Crippen LogP contribution in [0.15, 0.2) is 12.1 Å². The van der Waals surface area contributed by atoms with Crippen LogP contribution in [-0.2, 0) is 0 Å². The summed E-state index contributed by atoms with van der Waals surface area (Å²) in [5.41, 5.74) is -0.124. The maximum Gasteiger partial charge on any atom is 0.183 e. The van der Waals surface area contributed by atoms with Crippen LogP contribution in [0.4, 0.5) is 14.5 Å². The number of benzene rings is 1. The van der Waals surface area contributed by atoms with Crippen molar-refractivity contribution in [1.29, 1.82) is 5.26 Å². The van der Waals surface area contributed by atoms with Gasteiger partial charge in [-0.15, -0.1) is 0 Å². The minimum atomic E-state index is -1.07. The Balaban J connectivity index is 2.11. The first-order chi connectivity index (χ1) is 9.15. The Morgan fingerprint density at radius 1 is 1.42 bits per heavy atom. The van der Waals surface area contributed by atoms with Crippen molar-refractivity contribution in [3.63, 3.8) is 0 Å². The van der Waals surface area contributed by atoms with E-state index in [1.807, 2.05) is 0 Å². The number of hydrogen-bond donors (Lipinski definition) is 1. The highest BCUT2D eigenvalue weighted by molar-refractivity contribution is 5.50. The quantitative estimate of drug-likeness (QED) is 0.913. The molecule has 19 heavy (non-hydrogen) atoms. The van der Waals surface area contributed by atoms with E-state index in [1.54, 1.807) is 6.07 Å². The van der Waals surface area contributed by atoms with Crippen molar-refractivity contribution in [2.24, 2.45) is 0 Å². The lowest BCUT2D eigenvalue weighted by Crippen LogP contribution is -2.42. The van der Waals surface area contributed by atoms with E-state index in [9.17, 15) is 8.78 Å². The lowest BCUT2D eigenvalue weighted by molar-refractivity contribution is 0.226. The van der Waals surface area contributed by atoms with Gasteiger partial charge in [0.05, 0.1) is 11.3 Å². The van der Waals surface area contributed by atoms with Crippen LogP contribution in [-0.4, -0.2) is 30.6 Å². The van der Waals surface area contributed by atoms with Crippen LogP contribution in [0.1, 0.15) is 25.3 Å². The molecule has 3 nitrogen and oxygen atoms in total. The van der Waals surface area contributed by atoms with E-state index in [2.05, 4.69) is 17.1 Å². The van der Waals surface area contributed by atoms with Gasteiger partial charge in [0.25, 0.3) is 0 Å². The number of likely N-dealkylation sites (N-methyl/N-ethyl adjacent to an activating group) is 1. The minimum absolute atomic E-state index is 0.121. The Labute approximate surface area is 111 Å². The van der Waals surface area contributed by atoms with Gasteiger partial charge in [0.1, 0.15) is 6.07 Å². The predicted molar refractivity (Wildman–Crippen MR) is 69.8 cm³/mol. The van der Waals surface area contributed by atoms with Crippen LogP contribution < -0.4 is 5.32 Å². The lowest BCUT2D eigenvalue weighted by Gasteiger charge is -2.32. The number of hydrogen-bond acceptors (Lipinski definition) is 3. The van der Waals surface area contributed by atoms with Gasteiger partial charge in [-0.05, 0) is 38.1 Å². The van der Waals surface area contributed by atoms with E-state index in [0.717, 1.165) is 32.5 Å². The summed E-state index contributed by atoms with van der Waals surface area (Å²) in [6.45, 7) is 4.93. The molecule has 1 N–H and O–H groups in total. The molecule has 1 atom stereocenters. The van der Waals surface area contributed by atoms with Crippen molar-refractivity contribution in [2.45, 2.75) is 25.8 Å². The normalized spacial score (nSPS) is 20.0. The van der Waals surface area contributed by atoms with Crippen LogP contribution in [0, 0.1) is 23.0 Å². The van der Waals surface area contributed by atoms with E-state index in [0.29, 0.717) is 0 Å². The largest absolute Gasteiger partial charge is 0.379 e. The van der Waals surface area contributed by atoms with Gasteiger partial charge >= 0.3 is 0 Å². The molecule has 1 aromatic rings. The fraction of sp³-hybridized carbons (Fsp3) is 0.500. The summed E-state index contributed by atoms with van der Waals surface area (Å²) in [5.74, 6) is -2.04. The average Bonchev–Trinajstić information content (AvgIpc) is 2.44. The molecular weight excluding hydrogens is 248 g/mol. The molecule has 1 aliphatic rings. The summed E-state index contributed by atoms with van der Waals surface area (Å²) in [6, 6.07) is 4.49. The second-order valence-corrected chi connectivity index (χ2v) is 4.78. The number of halogens is 2. The van der Waals surface area contributed by atoms with Gasteiger partial charge in [0, 0.05) is 12.6 Å². The Morgan fingerprint density at radius 2 is 2.21 bits per heavy atom. The number of anilines is 1. The fourth-order valence-corrected chi connectivity index (χ4v) is 2.43. The third kappa shape index (κ3) is 3.02. The van der Waals surface area contributed by atoms with E-state index in [4.69, 9.17) is 5.26 Å². The van der Waals surface area contributed by atoms with Crippen LogP contribution in [0.5, 0.6) is 0 Å². The summed E-state index contributed by atoms with van der Waals surface area (Å²) in [7, 11) is 0. The molecule has 2 rings (SSSR count). The molecule has 0 radical (unpaired) electrons. The third-order valence-corrected chi connectivity index (χ3v) is 3.52. The van der Waals surface area contributed by atoms with Crippen LogP contribution >= 0.6 is 0 Å². The lowest BCUT2D eigenvalue weighted by atomic mass is 10.0. The van der Waals surface area contributed by atoms with Crippen molar-refractivity contribution in [3.8, 4) is 6.07 Å². The predicted octanol–water partition coefficient (Wildman–Crippen LogP) is 2.73. The smallest absolute Gasteiger partial charge is 0.183 e.